The SMILES string of the molecule is Cc1ccc(CN)cc1Oc1cnccn1. The Kier molecular flexibility index (Phi) is 3.12. The molecule has 0 saturated heterocycles. The maximum atomic E-state index is 5.62. The van der Waals surface area contributed by atoms with Gasteiger partial charge in [-0.15, -0.1) is 0 Å². The van der Waals surface area contributed by atoms with Crippen LogP contribution in [0.5, 0.6) is 11.6 Å². The molecule has 82 valence electrons. The normalized spacial score (nSPS) is 10.1. The zero-order valence-corrected chi connectivity index (χ0v) is 9.05. The lowest BCUT2D eigenvalue weighted by atomic mass is 10.1. The van der Waals surface area contributed by atoms with Crippen molar-refractivity contribution >= 4 is 0 Å². The molecule has 2 aromatic rings. The predicted molar refractivity (Wildman–Crippen MR) is 61.2 cm³/mol. The molecule has 0 amide bonds. The van der Waals surface area contributed by atoms with E-state index >= 15 is 0 Å². The Morgan fingerprint density at radius 3 is 2.88 bits per heavy atom. The maximum Gasteiger partial charge on any atom is 0.237 e. The molecular formula is C12H13N3O. The monoisotopic (exact) mass is 215 g/mol. The molecule has 1 heterocycles. The summed E-state index contributed by atoms with van der Waals surface area (Å²) >= 11 is 0. The van der Waals surface area contributed by atoms with E-state index in [1.165, 1.54) is 0 Å². The molecule has 16 heavy (non-hydrogen) atoms. The highest BCUT2D eigenvalue weighted by molar-refractivity contribution is 5.38. The van der Waals surface area contributed by atoms with Crippen LogP contribution >= 0.6 is 0 Å². The first kappa shape index (κ1) is 10.6. The molecule has 1 aromatic carbocycles. The van der Waals surface area contributed by atoms with Gasteiger partial charge in [-0.3, -0.25) is 4.98 Å². The van der Waals surface area contributed by atoms with Crippen LogP contribution in [0.4, 0.5) is 0 Å². The molecule has 0 saturated carbocycles. The lowest BCUT2D eigenvalue weighted by Gasteiger charge is -2.08. The minimum atomic E-state index is 0.486. The van der Waals surface area contributed by atoms with E-state index in [0.717, 1.165) is 16.9 Å². The van der Waals surface area contributed by atoms with E-state index in [-0.39, 0.29) is 0 Å². The largest absolute Gasteiger partial charge is 0.437 e. The number of aryl methyl sites for hydroxylation is 1. The third kappa shape index (κ3) is 2.35. The molecule has 0 aliphatic carbocycles. The second-order valence-electron chi connectivity index (χ2n) is 3.45. The fraction of sp³-hybridized carbons (Fsp3) is 0.167. The molecular weight excluding hydrogens is 202 g/mol. The standard InChI is InChI=1S/C12H13N3O/c1-9-2-3-10(7-13)6-11(9)16-12-8-14-4-5-15-12/h2-6,8H,7,13H2,1H3. The molecule has 0 aliphatic rings. The summed E-state index contributed by atoms with van der Waals surface area (Å²) in [7, 11) is 0. The zero-order chi connectivity index (χ0) is 11.4. The van der Waals surface area contributed by atoms with Gasteiger partial charge in [0.15, 0.2) is 0 Å². The van der Waals surface area contributed by atoms with Crippen molar-refractivity contribution < 1.29 is 4.74 Å². The van der Waals surface area contributed by atoms with Gasteiger partial charge in [-0.25, -0.2) is 4.98 Å². The van der Waals surface area contributed by atoms with Gasteiger partial charge < -0.3 is 10.5 Å². The Labute approximate surface area is 94.1 Å². The summed E-state index contributed by atoms with van der Waals surface area (Å²) in [6.07, 6.45) is 4.78. The molecule has 0 unspecified atom stereocenters. The van der Waals surface area contributed by atoms with Gasteiger partial charge in [0.2, 0.25) is 5.88 Å². The quantitative estimate of drug-likeness (QED) is 0.851. The molecule has 4 heteroatoms. The number of nitrogens with zero attached hydrogens (tertiary/aromatic N) is 2. The van der Waals surface area contributed by atoms with Crippen molar-refractivity contribution in [3.8, 4) is 11.6 Å². The van der Waals surface area contributed by atoms with Crippen LogP contribution in [0.15, 0.2) is 36.8 Å². The highest BCUT2D eigenvalue weighted by atomic mass is 16.5. The van der Waals surface area contributed by atoms with E-state index < -0.39 is 0 Å². The summed E-state index contributed by atoms with van der Waals surface area (Å²) in [6.45, 7) is 2.48. The van der Waals surface area contributed by atoms with E-state index in [2.05, 4.69) is 9.97 Å². The Morgan fingerprint density at radius 1 is 1.31 bits per heavy atom. The van der Waals surface area contributed by atoms with Gasteiger partial charge >= 0.3 is 0 Å². The summed E-state index contributed by atoms with van der Waals surface area (Å²) in [5, 5.41) is 0. The molecule has 0 bridgehead atoms. The second-order valence-corrected chi connectivity index (χ2v) is 3.45. The van der Waals surface area contributed by atoms with Crippen LogP contribution in [0, 0.1) is 6.92 Å². The molecule has 0 atom stereocenters. The highest BCUT2D eigenvalue weighted by Crippen LogP contribution is 2.23. The minimum Gasteiger partial charge on any atom is -0.437 e. The summed E-state index contributed by atoms with van der Waals surface area (Å²) in [5.41, 5.74) is 7.65. The first-order valence-corrected chi connectivity index (χ1v) is 5.03. The van der Waals surface area contributed by atoms with Crippen LogP contribution in [-0.2, 0) is 6.54 Å². The van der Waals surface area contributed by atoms with Crippen molar-refractivity contribution in [1.82, 2.24) is 9.97 Å². The number of nitrogens with two attached hydrogens (primary N) is 1. The first-order chi connectivity index (χ1) is 7.79. The predicted octanol–water partition coefficient (Wildman–Crippen LogP) is 2.04. The van der Waals surface area contributed by atoms with Gasteiger partial charge in [-0.2, -0.15) is 0 Å². The van der Waals surface area contributed by atoms with Crippen molar-refractivity contribution in [1.29, 1.82) is 0 Å². The summed E-state index contributed by atoms with van der Waals surface area (Å²) in [4.78, 5) is 8.00. The molecule has 0 spiro atoms. The van der Waals surface area contributed by atoms with E-state index in [1.54, 1.807) is 18.6 Å². The Hall–Kier alpha value is -1.94. The van der Waals surface area contributed by atoms with E-state index in [9.17, 15) is 0 Å². The van der Waals surface area contributed by atoms with Gasteiger partial charge in [0.25, 0.3) is 0 Å². The summed E-state index contributed by atoms with van der Waals surface area (Å²) < 4.78 is 5.62. The zero-order valence-electron chi connectivity index (χ0n) is 9.05. The van der Waals surface area contributed by atoms with Gasteiger partial charge in [0, 0.05) is 18.9 Å². The molecule has 2 N–H and O–H groups in total. The van der Waals surface area contributed by atoms with Gasteiger partial charge in [-0.05, 0) is 24.1 Å². The van der Waals surface area contributed by atoms with Crippen molar-refractivity contribution in [2.24, 2.45) is 5.73 Å². The van der Waals surface area contributed by atoms with Crippen LogP contribution in [0.2, 0.25) is 0 Å². The van der Waals surface area contributed by atoms with Gasteiger partial charge in [0.1, 0.15) is 5.75 Å². The fourth-order valence-corrected chi connectivity index (χ4v) is 1.33. The van der Waals surface area contributed by atoms with Crippen molar-refractivity contribution in [3.05, 3.63) is 47.9 Å². The molecule has 0 aliphatic heterocycles. The second kappa shape index (κ2) is 4.72. The molecule has 0 fully saturated rings. The fourth-order valence-electron chi connectivity index (χ4n) is 1.33. The minimum absolute atomic E-state index is 0.486. The summed E-state index contributed by atoms with van der Waals surface area (Å²) in [6, 6.07) is 5.89. The summed E-state index contributed by atoms with van der Waals surface area (Å²) in [5.74, 6) is 1.25. The van der Waals surface area contributed by atoms with Crippen molar-refractivity contribution in [2.75, 3.05) is 0 Å². The average Bonchev–Trinajstić information content (AvgIpc) is 2.33. The molecule has 1 aromatic heterocycles. The van der Waals surface area contributed by atoms with E-state index in [4.69, 9.17) is 10.5 Å². The Bertz CT molecular complexity index is 471. The first-order valence-electron chi connectivity index (χ1n) is 5.03. The van der Waals surface area contributed by atoms with E-state index in [0.29, 0.717) is 12.4 Å². The lowest BCUT2D eigenvalue weighted by Crippen LogP contribution is -1.98. The number of hydrogen-bond acceptors (Lipinski definition) is 4. The number of benzene rings is 1. The van der Waals surface area contributed by atoms with Crippen molar-refractivity contribution in [2.45, 2.75) is 13.5 Å². The third-order valence-corrected chi connectivity index (χ3v) is 2.24. The molecule has 4 nitrogen and oxygen atoms in total. The average molecular weight is 215 g/mol. The van der Waals surface area contributed by atoms with Gasteiger partial charge in [0.05, 0.1) is 6.20 Å². The highest BCUT2D eigenvalue weighted by Gasteiger charge is 2.03. The van der Waals surface area contributed by atoms with E-state index in [1.807, 2.05) is 25.1 Å². The molecule has 0 radical (unpaired) electrons. The number of hydrogen-bond donors (Lipinski definition) is 1. The molecule has 2 rings (SSSR count). The third-order valence-electron chi connectivity index (χ3n) is 2.24. The lowest BCUT2D eigenvalue weighted by molar-refractivity contribution is 0.456. The Morgan fingerprint density at radius 2 is 2.19 bits per heavy atom. The van der Waals surface area contributed by atoms with Crippen LogP contribution in [0.25, 0.3) is 0 Å². The van der Waals surface area contributed by atoms with Crippen molar-refractivity contribution in [3.63, 3.8) is 0 Å². The van der Waals surface area contributed by atoms with Crippen LogP contribution in [0.1, 0.15) is 11.1 Å². The Balaban J connectivity index is 2.27. The number of rotatable bonds is 3. The topological polar surface area (TPSA) is 61.0 Å². The number of ether oxygens (including phenoxy) is 1. The maximum absolute atomic E-state index is 5.62. The van der Waals surface area contributed by atoms with Crippen LogP contribution in [0.3, 0.4) is 0 Å². The van der Waals surface area contributed by atoms with Gasteiger partial charge in [-0.1, -0.05) is 12.1 Å². The van der Waals surface area contributed by atoms with Crippen LogP contribution < -0.4 is 10.5 Å². The number of aromatic nitrogens is 2. The van der Waals surface area contributed by atoms with Crippen LogP contribution in [-0.4, -0.2) is 9.97 Å². The smallest absolute Gasteiger partial charge is 0.237 e.